The highest BCUT2D eigenvalue weighted by molar-refractivity contribution is 7.78. The molecule has 5 nitrogen and oxygen atoms in total. The van der Waals surface area contributed by atoms with E-state index in [0.717, 1.165) is 0 Å². The van der Waals surface area contributed by atoms with Crippen LogP contribution >= 0.6 is 36.7 Å². The minimum absolute atomic E-state index is 0.0838. The third-order valence-corrected chi connectivity index (χ3v) is 1.43. The highest BCUT2D eigenvalue weighted by atomic mass is 32.1. The van der Waals surface area contributed by atoms with Gasteiger partial charge < -0.3 is 0 Å². The molecule has 0 aliphatic carbocycles. The second kappa shape index (κ2) is 6.06. The smallest absolute Gasteiger partial charge is 0.190 e. The first-order valence-corrected chi connectivity index (χ1v) is 4.65. The lowest BCUT2D eigenvalue weighted by Gasteiger charge is -1.94. The van der Waals surface area contributed by atoms with Crippen molar-refractivity contribution in [1.29, 1.82) is 0 Å². The maximum absolute atomic E-state index is 4.44. The normalized spacial score (nSPS) is 8.00. The molecule has 0 aliphatic heterocycles. The van der Waals surface area contributed by atoms with Crippen molar-refractivity contribution in [1.82, 2.24) is 9.97 Å². The van der Waals surface area contributed by atoms with E-state index >= 15 is 0 Å². The van der Waals surface area contributed by atoms with Crippen LogP contribution in [-0.4, -0.2) is 25.5 Å². The van der Waals surface area contributed by atoms with Crippen molar-refractivity contribution >= 4 is 69.7 Å². The second-order valence-corrected chi connectivity index (χ2v) is 2.54. The molecule has 8 heteroatoms. The molecule has 0 amide bonds. The summed E-state index contributed by atoms with van der Waals surface area (Å²) in [5.41, 5.74) is 0. The summed E-state index contributed by atoms with van der Waals surface area (Å²) in [5, 5.41) is 6.46. The summed E-state index contributed by atoms with van der Waals surface area (Å²) in [7, 11) is 0. The van der Waals surface area contributed by atoms with Crippen molar-refractivity contribution < 1.29 is 0 Å². The van der Waals surface area contributed by atoms with Crippen LogP contribution in [0.1, 0.15) is 0 Å². The van der Waals surface area contributed by atoms with Crippen molar-refractivity contribution in [3.63, 3.8) is 0 Å². The molecule has 0 atom stereocenters. The molecule has 0 bridgehead atoms. The van der Waals surface area contributed by atoms with Gasteiger partial charge in [-0.1, -0.05) is 0 Å². The van der Waals surface area contributed by atoms with E-state index in [1.165, 1.54) is 6.07 Å². The topological polar surface area (TPSA) is 62.9 Å². The molecule has 72 valence electrons. The largest absolute Gasteiger partial charge is 0.262 e. The van der Waals surface area contributed by atoms with E-state index in [4.69, 9.17) is 0 Å². The number of rotatable bonds is 3. The van der Waals surface area contributed by atoms with Crippen LogP contribution < -0.4 is 0 Å². The van der Waals surface area contributed by atoms with Gasteiger partial charge >= 0.3 is 0 Å². The molecule has 15 heavy (non-hydrogen) atoms. The zero-order valence-corrected chi connectivity index (χ0v) is 9.49. The van der Waals surface area contributed by atoms with Crippen LogP contribution in [0.2, 0.25) is 0 Å². The summed E-state index contributed by atoms with van der Waals surface area (Å²) in [6.07, 6.45) is 0. The van der Waals surface area contributed by atoms with Gasteiger partial charge in [0.1, 0.15) is 0 Å². The molecule has 0 N–H and O–H groups in total. The Hall–Kier alpha value is -1.52. The summed E-state index contributed by atoms with van der Waals surface area (Å²) in [6.45, 7) is 0. The standard InChI is InChI=1S/C7HN5S3/c13-2-8-5-1-6(9-3-14)12-7(11-5)10-4-15/h1H. The Kier molecular flexibility index (Phi) is 4.66. The fourth-order valence-electron chi connectivity index (χ4n) is 0.709. The lowest BCUT2D eigenvalue weighted by molar-refractivity contribution is 1.12. The second-order valence-electron chi connectivity index (χ2n) is 1.99. The van der Waals surface area contributed by atoms with Gasteiger partial charge in [-0.15, -0.1) is 0 Å². The van der Waals surface area contributed by atoms with Gasteiger partial charge in [-0.2, -0.15) is 24.9 Å². The van der Waals surface area contributed by atoms with Gasteiger partial charge in [-0.05, 0) is 36.7 Å². The molecule has 0 fully saturated rings. The molecular formula is C7HN5S3. The predicted octanol–water partition coefficient (Wildman–Crippen LogP) is 2.68. The van der Waals surface area contributed by atoms with Crippen LogP contribution in [0.4, 0.5) is 17.6 Å². The average molecular weight is 251 g/mol. The fourth-order valence-corrected chi connectivity index (χ4v) is 0.978. The van der Waals surface area contributed by atoms with Crippen molar-refractivity contribution in [3.8, 4) is 0 Å². The first kappa shape index (κ1) is 11.6. The van der Waals surface area contributed by atoms with Gasteiger partial charge in [0, 0.05) is 6.07 Å². The van der Waals surface area contributed by atoms with Crippen molar-refractivity contribution in [2.45, 2.75) is 0 Å². The van der Waals surface area contributed by atoms with Crippen LogP contribution in [0.3, 0.4) is 0 Å². The summed E-state index contributed by atoms with van der Waals surface area (Å²) in [6, 6.07) is 1.46. The molecule has 0 aromatic carbocycles. The molecule has 1 heterocycles. The Morgan fingerprint density at radius 3 is 1.73 bits per heavy atom. The van der Waals surface area contributed by atoms with Gasteiger partial charge in [0.25, 0.3) is 5.95 Å². The molecule has 0 radical (unpaired) electrons. The van der Waals surface area contributed by atoms with Gasteiger partial charge in [0.15, 0.2) is 11.6 Å². The molecule has 0 saturated heterocycles. The van der Waals surface area contributed by atoms with E-state index in [1.54, 1.807) is 0 Å². The Morgan fingerprint density at radius 2 is 1.33 bits per heavy atom. The summed E-state index contributed by atoms with van der Waals surface area (Å²) >= 11 is 13.3. The number of thiocarbonyl (C=S) groups is 3. The Labute approximate surface area is 101 Å². The van der Waals surface area contributed by atoms with Crippen molar-refractivity contribution in [2.75, 3.05) is 0 Å². The molecule has 1 aromatic heterocycles. The van der Waals surface area contributed by atoms with E-state index in [2.05, 4.69) is 77.1 Å². The quantitative estimate of drug-likeness (QED) is 0.610. The van der Waals surface area contributed by atoms with Crippen LogP contribution in [0.5, 0.6) is 0 Å². The van der Waals surface area contributed by atoms with E-state index < -0.39 is 0 Å². The molecule has 1 aromatic rings. The first-order chi connectivity index (χ1) is 7.30. The number of nitrogens with zero attached hydrogens (tertiary/aromatic N) is 5. The SMILES string of the molecule is S=C=Nc1cc(N=C=S)nc(N=C=S)n1. The highest BCUT2D eigenvalue weighted by Gasteiger charge is 2.01. The third-order valence-electron chi connectivity index (χ3n) is 1.15. The summed E-state index contributed by atoms with van der Waals surface area (Å²) < 4.78 is 0. The van der Waals surface area contributed by atoms with Gasteiger partial charge in [-0.25, -0.2) is 0 Å². The Balaban J connectivity index is 3.36. The zero-order chi connectivity index (χ0) is 11.1. The van der Waals surface area contributed by atoms with Crippen LogP contribution in [0.15, 0.2) is 21.0 Å². The van der Waals surface area contributed by atoms with E-state index in [0.29, 0.717) is 0 Å². The molecule has 0 spiro atoms. The highest BCUT2D eigenvalue weighted by Crippen LogP contribution is 2.19. The van der Waals surface area contributed by atoms with Gasteiger partial charge in [-0.3, -0.25) is 0 Å². The Morgan fingerprint density at radius 1 is 0.867 bits per heavy atom. The lowest BCUT2D eigenvalue weighted by Crippen LogP contribution is -1.81. The van der Waals surface area contributed by atoms with E-state index in [9.17, 15) is 0 Å². The number of isothiocyanates is 3. The van der Waals surface area contributed by atoms with E-state index in [-0.39, 0.29) is 17.6 Å². The molecule has 0 aliphatic rings. The number of aromatic nitrogens is 2. The first-order valence-electron chi connectivity index (χ1n) is 3.43. The summed E-state index contributed by atoms with van der Waals surface area (Å²) in [5.74, 6) is 0.626. The maximum atomic E-state index is 4.44. The van der Waals surface area contributed by atoms with E-state index in [1.807, 2.05) is 0 Å². The third kappa shape index (κ3) is 3.61. The number of hydrogen-bond donors (Lipinski definition) is 0. The zero-order valence-electron chi connectivity index (χ0n) is 7.04. The monoisotopic (exact) mass is 251 g/mol. The van der Waals surface area contributed by atoms with Crippen molar-refractivity contribution in [3.05, 3.63) is 6.07 Å². The predicted molar refractivity (Wildman–Crippen MR) is 66.1 cm³/mol. The lowest BCUT2D eigenvalue weighted by atomic mass is 10.5. The molecule has 0 saturated carbocycles. The fraction of sp³-hybridized carbons (Fsp3) is 0. The number of hydrogen-bond acceptors (Lipinski definition) is 8. The Bertz CT molecular complexity index is 433. The molecule has 1 rings (SSSR count). The minimum atomic E-state index is 0.0838. The molecule has 0 unspecified atom stereocenters. The maximum Gasteiger partial charge on any atom is 0.262 e. The van der Waals surface area contributed by atoms with Crippen LogP contribution in [0.25, 0.3) is 0 Å². The van der Waals surface area contributed by atoms with Crippen LogP contribution in [-0.2, 0) is 0 Å². The number of aliphatic imine (C=N–C) groups is 3. The summed E-state index contributed by atoms with van der Waals surface area (Å²) in [4.78, 5) is 18.7. The van der Waals surface area contributed by atoms with Crippen LogP contribution in [0, 0.1) is 0 Å². The van der Waals surface area contributed by atoms with Crippen molar-refractivity contribution in [2.24, 2.45) is 15.0 Å². The molecular weight excluding hydrogens is 250 g/mol. The average Bonchev–Trinajstić information content (AvgIpc) is 2.19. The minimum Gasteiger partial charge on any atom is -0.190 e. The van der Waals surface area contributed by atoms with Gasteiger partial charge in [0.05, 0.1) is 15.5 Å². The van der Waals surface area contributed by atoms with Gasteiger partial charge in [0.2, 0.25) is 0 Å².